The predicted octanol–water partition coefficient (Wildman–Crippen LogP) is 2.75. The molecular weight excluding hydrogens is 296 g/mol. The Bertz CT molecular complexity index is 578. The van der Waals surface area contributed by atoms with Crippen molar-refractivity contribution in [1.82, 2.24) is 10.0 Å². The lowest BCUT2D eigenvalue weighted by molar-refractivity contribution is 0.0529. The molecule has 94 valence electrons. The molecule has 0 radical (unpaired) electrons. The minimum absolute atomic E-state index is 0.265. The Labute approximate surface area is 114 Å². The summed E-state index contributed by atoms with van der Waals surface area (Å²) in [5.41, 5.74) is 4.85. The van der Waals surface area contributed by atoms with E-state index in [1.807, 2.05) is 41.9 Å². The van der Waals surface area contributed by atoms with Crippen molar-refractivity contribution in [2.75, 3.05) is 7.11 Å². The van der Waals surface area contributed by atoms with Gasteiger partial charge in [0.15, 0.2) is 0 Å². The molecule has 4 nitrogen and oxygen atoms in total. The number of nitrogens with zero attached hydrogens (tertiary/aromatic N) is 1. The number of carbonyl (C=O) groups excluding carboxylic acids is 1. The fraction of sp³-hybridized carbons (Fsp3) is 0.154. The molecule has 5 heteroatoms. The van der Waals surface area contributed by atoms with Gasteiger partial charge in [-0.3, -0.25) is 9.63 Å². The van der Waals surface area contributed by atoms with E-state index < -0.39 is 0 Å². The van der Waals surface area contributed by atoms with Crippen LogP contribution in [0.15, 0.2) is 40.9 Å². The molecule has 2 aromatic rings. The van der Waals surface area contributed by atoms with Gasteiger partial charge in [0, 0.05) is 22.8 Å². The summed E-state index contributed by atoms with van der Waals surface area (Å²) < 4.78 is 2.82. The van der Waals surface area contributed by atoms with Crippen LogP contribution in [-0.2, 0) is 11.9 Å². The zero-order valence-corrected chi connectivity index (χ0v) is 11.7. The number of rotatable bonds is 3. The van der Waals surface area contributed by atoms with Gasteiger partial charge in [0.2, 0.25) is 0 Å². The van der Waals surface area contributed by atoms with E-state index in [0.717, 1.165) is 15.7 Å². The molecule has 1 aromatic heterocycles. The summed E-state index contributed by atoms with van der Waals surface area (Å²) >= 11 is 3.51. The molecule has 1 N–H and O–H groups in total. The topological polar surface area (TPSA) is 43.3 Å². The van der Waals surface area contributed by atoms with Crippen LogP contribution in [0.1, 0.15) is 10.5 Å². The maximum Gasteiger partial charge on any atom is 0.291 e. The third-order valence-corrected chi connectivity index (χ3v) is 3.39. The molecule has 2 rings (SSSR count). The van der Waals surface area contributed by atoms with Crippen molar-refractivity contribution in [1.29, 1.82) is 0 Å². The lowest BCUT2D eigenvalue weighted by atomic mass is 10.1. The lowest BCUT2D eigenvalue weighted by Crippen LogP contribution is -2.24. The normalized spacial score (nSPS) is 10.4. The molecule has 0 aliphatic carbocycles. The third kappa shape index (κ3) is 2.32. The molecule has 1 aromatic carbocycles. The van der Waals surface area contributed by atoms with Crippen molar-refractivity contribution in [3.05, 3.63) is 46.6 Å². The molecule has 1 amide bonds. The fourth-order valence-corrected chi connectivity index (χ4v) is 2.31. The highest BCUT2D eigenvalue weighted by Gasteiger charge is 2.14. The second-order valence-electron chi connectivity index (χ2n) is 3.78. The summed E-state index contributed by atoms with van der Waals surface area (Å²) in [6, 6.07) is 11.6. The molecule has 0 saturated carbocycles. The van der Waals surface area contributed by atoms with E-state index in [4.69, 9.17) is 0 Å². The van der Waals surface area contributed by atoms with Gasteiger partial charge in [0.25, 0.3) is 5.91 Å². The average molecular weight is 309 g/mol. The third-order valence-electron chi connectivity index (χ3n) is 2.70. The molecule has 0 aliphatic heterocycles. The Morgan fingerprint density at radius 3 is 2.67 bits per heavy atom. The minimum Gasteiger partial charge on any atom is -0.340 e. The molecule has 18 heavy (non-hydrogen) atoms. The number of hydrogen-bond donors (Lipinski definition) is 1. The molecule has 0 fully saturated rings. The van der Waals surface area contributed by atoms with Gasteiger partial charge >= 0.3 is 0 Å². The fourth-order valence-electron chi connectivity index (χ4n) is 1.82. The average Bonchev–Trinajstić information content (AvgIpc) is 2.72. The number of carbonyl (C=O) groups is 1. The van der Waals surface area contributed by atoms with E-state index in [0.29, 0.717) is 5.69 Å². The molecule has 0 saturated heterocycles. The Morgan fingerprint density at radius 2 is 2.00 bits per heavy atom. The Balaban J connectivity index is 2.43. The summed E-state index contributed by atoms with van der Waals surface area (Å²) in [7, 11) is 3.26. The number of amides is 1. The first-order valence-corrected chi connectivity index (χ1v) is 6.18. The lowest BCUT2D eigenvalue weighted by Gasteiger charge is -2.09. The van der Waals surface area contributed by atoms with Gasteiger partial charge in [0.05, 0.1) is 7.11 Å². The first kappa shape index (κ1) is 12.9. The smallest absolute Gasteiger partial charge is 0.291 e. The van der Waals surface area contributed by atoms with Crippen LogP contribution in [0.4, 0.5) is 0 Å². The number of nitrogens with one attached hydrogen (secondary N) is 1. The molecule has 0 atom stereocenters. The van der Waals surface area contributed by atoms with Crippen molar-refractivity contribution in [3.63, 3.8) is 0 Å². The number of benzene rings is 1. The maximum absolute atomic E-state index is 11.7. The van der Waals surface area contributed by atoms with Crippen molar-refractivity contribution >= 4 is 21.8 Å². The van der Waals surface area contributed by atoms with Crippen LogP contribution >= 0.6 is 15.9 Å². The van der Waals surface area contributed by atoms with Gasteiger partial charge in [-0.2, -0.15) is 0 Å². The minimum atomic E-state index is -0.265. The molecule has 0 aliphatic rings. The van der Waals surface area contributed by atoms with E-state index in [1.165, 1.54) is 7.11 Å². The standard InChI is InChI=1S/C13H13BrN2O2/c1-16-11(9-5-3-4-6-10(9)14)7-8-12(16)13(17)15-18-2/h3-8H,1-2H3,(H,15,17). The van der Waals surface area contributed by atoms with E-state index in [9.17, 15) is 4.79 Å². The first-order valence-electron chi connectivity index (χ1n) is 5.39. The summed E-state index contributed by atoms with van der Waals surface area (Å²) in [5.74, 6) is -0.265. The highest BCUT2D eigenvalue weighted by atomic mass is 79.9. The zero-order valence-electron chi connectivity index (χ0n) is 10.1. The molecule has 0 unspecified atom stereocenters. The van der Waals surface area contributed by atoms with Gasteiger partial charge in [0.1, 0.15) is 5.69 Å². The maximum atomic E-state index is 11.7. The van der Waals surface area contributed by atoms with Crippen LogP contribution in [0.5, 0.6) is 0 Å². The SMILES string of the molecule is CONC(=O)c1ccc(-c2ccccc2Br)n1C. The second kappa shape index (κ2) is 5.37. The van der Waals surface area contributed by atoms with Crippen molar-refractivity contribution < 1.29 is 9.63 Å². The number of aromatic nitrogens is 1. The van der Waals surface area contributed by atoms with Gasteiger partial charge in [-0.25, -0.2) is 5.48 Å². The van der Waals surface area contributed by atoms with E-state index in [2.05, 4.69) is 26.2 Å². The van der Waals surface area contributed by atoms with Gasteiger partial charge in [-0.15, -0.1) is 0 Å². The van der Waals surface area contributed by atoms with Crippen LogP contribution in [0.25, 0.3) is 11.3 Å². The first-order chi connectivity index (χ1) is 8.65. The Morgan fingerprint density at radius 1 is 1.28 bits per heavy atom. The highest BCUT2D eigenvalue weighted by Crippen LogP contribution is 2.28. The summed E-state index contributed by atoms with van der Waals surface area (Å²) in [5, 5.41) is 0. The second-order valence-corrected chi connectivity index (χ2v) is 4.63. The number of hydroxylamine groups is 1. The summed E-state index contributed by atoms with van der Waals surface area (Å²) in [6.07, 6.45) is 0. The van der Waals surface area contributed by atoms with E-state index in [-0.39, 0.29) is 5.91 Å². The monoisotopic (exact) mass is 308 g/mol. The van der Waals surface area contributed by atoms with Crippen LogP contribution < -0.4 is 5.48 Å². The van der Waals surface area contributed by atoms with Crippen molar-refractivity contribution in [3.8, 4) is 11.3 Å². The summed E-state index contributed by atoms with van der Waals surface area (Å²) in [4.78, 5) is 16.4. The quantitative estimate of drug-likeness (QED) is 0.886. The van der Waals surface area contributed by atoms with Crippen LogP contribution in [-0.4, -0.2) is 17.6 Å². The highest BCUT2D eigenvalue weighted by molar-refractivity contribution is 9.10. The number of hydrogen-bond acceptors (Lipinski definition) is 2. The Hall–Kier alpha value is -1.59. The van der Waals surface area contributed by atoms with Crippen LogP contribution in [0, 0.1) is 0 Å². The van der Waals surface area contributed by atoms with Gasteiger partial charge in [-0.05, 0) is 18.2 Å². The molecule has 1 heterocycles. The van der Waals surface area contributed by atoms with E-state index in [1.54, 1.807) is 6.07 Å². The predicted molar refractivity (Wildman–Crippen MR) is 73.0 cm³/mol. The van der Waals surface area contributed by atoms with Crippen LogP contribution in [0.2, 0.25) is 0 Å². The molecule has 0 bridgehead atoms. The van der Waals surface area contributed by atoms with Crippen molar-refractivity contribution in [2.45, 2.75) is 0 Å². The largest absolute Gasteiger partial charge is 0.340 e. The molecule has 0 spiro atoms. The number of halogens is 1. The van der Waals surface area contributed by atoms with Crippen molar-refractivity contribution in [2.24, 2.45) is 7.05 Å². The molecular formula is C13H13BrN2O2. The van der Waals surface area contributed by atoms with Gasteiger partial charge in [-0.1, -0.05) is 34.1 Å². The van der Waals surface area contributed by atoms with E-state index >= 15 is 0 Å². The van der Waals surface area contributed by atoms with Crippen LogP contribution in [0.3, 0.4) is 0 Å². The summed E-state index contributed by atoms with van der Waals surface area (Å²) in [6.45, 7) is 0. The Kier molecular flexibility index (Phi) is 3.84. The van der Waals surface area contributed by atoms with Gasteiger partial charge < -0.3 is 4.57 Å². The zero-order chi connectivity index (χ0) is 13.1.